The van der Waals surface area contributed by atoms with Crippen molar-refractivity contribution in [1.29, 1.82) is 0 Å². The van der Waals surface area contributed by atoms with Crippen molar-refractivity contribution in [2.75, 3.05) is 19.4 Å². The Balaban J connectivity index is 1.54. The average molecular weight is 532 g/mol. The van der Waals surface area contributed by atoms with E-state index in [0.29, 0.717) is 28.0 Å². The van der Waals surface area contributed by atoms with Gasteiger partial charge in [-0.1, -0.05) is 55.5 Å². The maximum absolute atomic E-state index is 14.8. The summed E-state index contributed by atoms with van der Waals surface area (Å²) in [5, 5.41) is 12.1. The highest BCUT2D eigenvalue weighted by molar-refractivity contribution is 7.15. The third-order valence-electron chi connectivity index (χ3n) is 6.59. The Bertz CT molecular complexity index is 1570. The van der Waals surface area contributed by atoms with Crippen LogP contribution in [0.2, 0.25) is 0 Å². The van der Waals surface area contributed by atoms with Crippen LogP contribution in [0.15, 0.2) is 54.6 Å². The summed E-state index contributed by atoms with van der Waals surface area (Å²) in [5.74, 6) is -0.703. The van der Waals surface area contributed by atoms with E-state index in [1.165, 1.54) is 28.4 Å². The number of benzene rings is 2. The van der Waals surface area contributed by atoms with Gasteiger partial charge in [0.05, 0.1) is 16.7 Å². The molecule has 0 fully saturated rings. The van der Waals surface area contributed by atoms with Gasteiger partial charge in [0.25, 0.3) is 5.91 Å². The quantitative estimate of drug-likeness (QED) is 0.357. The monoisotopic (exact) mass is 531 g/mol. The van der Waals surface area contributed by atoms with Crippen LogP contribution in [0.4, 0.5) is 9.52 Å². The zero-order chi connectivity index (χ0) is 27.2. The topological polar surface area (TPSA) is 97.3 Å². The molecule has 2 aromatic heterocycles. The van der Waals surface area contributed by atoms with Gasteiger partial charge in [0, 0.05) is 36.7 Å². The molecule has 0 saturated carbocycles. The molecule has 1 atom stereocenters. The molecule has 10 heteroatoms. The summed E-state index contributed by atoms with van der Waals surface area (Å²) in [7, 11) is 3.14. The highest BCUT2D eigenvalue weighted by Gasteiger charge is 2.44. The molecule has 1 aliphatic rings. The van der Waals surface area contributed by atoms with E-state index in [1.807, 2.05) is 51.1 Å². The molecule has 2 amide bonds. The standard InChI is InChI=1S/C28H26FN5O3S/c1-15-32-33-27(38-15)31-26(36)28(2,3)23-18-8-6-7-9-22(18)37-24-19(23)12-13-21(30-24)16-10-11-17(20(29)14-16)25(35)34(4)5/h6-14,23H,1-5H3,(H,31,33,36)/t23-/m0/s1. The first-order valence-corrected chi connectivity index (χ1v) is 12.8. The number of aromatic nitrogens is 3. The van der Waals surface area contributed by atoms with Crippen LogP contribution in [-0.4, -0.2) is 46.0 Å². The van der Waals surface area contributed by atoms with E-state index in [2.05, 4.69) is 15.5 Å². The van der Waals surface area contributed by atoms with Gasteiger partial charge >= 0.3 is 0 Å². The molecule has 194 valence electrons. The zero-order valence-electron chi connectivity index (χ0n) is 21.6. The zero-order valence-corrected chi connectivity index (χ0v) is 22.4. The summed E-state index contributed by atoms with van der Waals surface area (Å²) < 4.78 is 21.0. The van der Waals surface area contributed by atoms with Gasteiger partial charge in [-0.05, 0) is 31.2 Å². The predicted octanol–water partition coefficient (Wildman–Crippen LogP) is 5.65. The molecule has 0 radical (unpaired) electrons. The molecule has 1 aliphatic heterocycles. The number of nitrogens with zero attached hydrogens (tertiary/aromatic N) is 4. The first-order valence-electron chi connectivity index (χ1n) is 12.0. The fraction of sp³-hybridized carbons (Fsp3) is 0.250. The first-order chi connectivity index (χ1) is 18.1. The van der Waals surface area contributed by atoms with Gasteiger partial charge in [-0.2, -0.15) is 0 Å². The molecule has 2 aromatic carbocycles. The smallest absolute Gasteiger partial charge is 0.256 e. The Hall–Kier alpha value is -4.18. The third-order valence-corrected chi connectivity index (χ3v) is 7.35. The number of anilines is 1. The predicted molar refractivity (Wildman–Crippen MR) is 143 cm³/mol. The number of pyridine rings is 1. The normalized spacial score (nSPS) is 14.2. The lowest BCUT2D eigenvalue weighted by molar-refractivity contribution is -0.124. The van der Waals surface area contributed by atoms with Gasteiger partial charge in [0.1, 0.15) is 16.6 Å². The Morgan fingerprint density at radius 2 is 1.82 bits per heavy atom. The number of fused-ring (bicyclic) bond motifs is 2. The van der Waals surface area contributed by atoms with E-state index in [-0.39, 0.29) is 17.4 Å². The summed E-state index contributed by atoms with van der Waals surface area (Å²) in [6.07, 6.45) is 0. The van der Waals surface area contributed by atoms with E-state index in [9.17, 15) is 14.0 Å². The second-order valence-corrected chi connectivity index (χ2v) is 11.0. The second-order valence-electron chi connectivity index (χ2n) is 9.86. The number of para-hydroxylation sites is 1. The van der Waals surface area contributed by atoms with Crippen LogP contribution in [0.5, 0.6) is 11.6 Å². The fourth-order valence-electron chi connectivity index (χ4n) is 4.60. The summed E-state index contributed by atoms with van der Waals surface area (Å²) in [4.78, 5) is 31.8. The fourth-order valence-corrected chi connectivity index (χ4v) is 5.19. The van der Waals surface area contributed by atoms with E-state index in [4.69, 9.17) is 9.72 Å². The number of aryl methyl sites for hydroxylation is 1. The van der Waals surface area contributed by atoms with E-state index in [1.54, 1.807) is 26.2 Å². The van der Waals surface area contributed by atoms with Gasteiger partial charge in [-0.25, -0.2) is 9.37 Å². The summed E-state index contributed by atoms with van der Waals surface area (Å²) >= 11 is 1.31. The minimum Gasteiger partial charge on any atom is -0.438 e. The van der Waals surface area contributed by atoms with Crippen molar-refractivity contribution in [3.8, 4) is 22.9 Å². The van der Waals surface area contributed by atoms with Gasteiger partial charge in [0.2, 0.25) is 16.9 Å². The van der Waals surface area contributed by atoms with Crippen molar-refractivity contribution in [2.45, 2.75) is 26.7 Å². The number of amides is 2. The molecule has 0 bridgehead atoms. The summed E-state index contributed by atoms with van der Waals surface area (Å²) in [5.41, 5.74) is 1.65. The molecule has 0 saturated heterocycles. The number of nitrogens with one attached hydrogen (secondary N) is 1. The van der Waals surface area contributed by atoms with Crippen LogP contribution >= 0.6 is 11.3 Å². The molecular weight excluding hydrogens is 505 g/mol. The van der Waals surface area contributed by atoms with Crippen molar-refractivity contribution in [1.82, 2.24) is 20.1 Å². The lowest BCUT2D eigenvalue weighted by Gasteiger charge is -2.37. The maximum atomic E-state index is 14.8. The van der Waals surface area contributed by atoms with Crippen LogP contribution in [0.3, 0.4) is 0 Å². The Kier molecular flexibility index (Phi) is 6.44. The number of rotatable bonds is 5. The first kappa shape index (κ1) is 25.5. The van der Waals surface area contributed by atoms with Crippen molar-refractivity contribution < 1.29 is 18.7 Å². The van der Waals surface area contributed by atoms with E-state index < -0.39 is 17.1 Å². The Morgan fingerprint density at radius 3 is 2.50 bits per heavy atom. The molecule has 1 N–H and O–H groups in total. The highest BCUT2D eigenvalue weighted by atomic mass is 32.1. The van der Waals surface area contributed by atoms with Crippen LogP contribution < -0.4 is 10.1 Å². The van der Waals surface area contributed by atoms with Gasteiger partial charge in [-0.3, -0.25) is 9.59 Å². The van der Waals surface area contributed by atoms with E-state index in [0.717, 1.165) is 16.1 Å². The Morgan fingerprint density at radius 1 is 1.05 bits per heavy atom. The number of ether oxygens (including phenoxy) is 1. The molecule has 3 heterocycles. The van der Waals surface area contributed by atoms with Crippen LogP contribution in [0.1, 0.15) is 46.3 Å². The molecule has 5 rings (SSSR count). The average Bonchev–Trinajstić information content (AvgIpc) is 3.30. The molecule has 38 heavy (non-hydrogen) atoms. The number of hydrogen-bond acceptors (Lipinski definition) is 7. The van der Waals surface area contributed by atoms with Gasteiger partial charge in [-0.15, -0.1) is 10.2 Å². The van der Waals surface area contributed by atoms with Crippen LogP contribution in [0.25, 0.3) is 11.3 Å². The maximum Gasteiger partial charge on any atom is 0.256 e. The lowest BCUT2D eigenvalue weighted by atomic mass is 9.69. The molecule has 4 aromatic rings. The minimum atomic E-state index is -0.919. The molecule has 8 nitrogen and oxygen atoms in total. The molecular formula is C28H26FN5O3S. The van der Waals surface area contributed by atoms with E-state index >= 15 is 0 Å². The third kappa shape index (κ3) is 4.51. The van der Waals surface area contributed by atoms with Gasteiger partial charge < -0.3 is 15.0 Å². The molecule has 0 spiro atoms. The summed E-state index contributed by atoms with van der Waals surface area (Å²) in [6, 6.07) is 15.6. The van der Waals surface area contributed by atoms with Crippen molar-refractivity contribution in [2.24, 2.45) is 5.41 Å². The van der Waals surface area contributed by atoms with Crippen LogP contribution in [0, 0.1) is 18.2 Å². The van der Waals surface area contributed by atoms with Crippen molar-refractivity contribution >= 4 is 28.3 Å². The molecule has 0 aliphatic carbocycles. The number of halogens is 1. The Labute approximate surface area is 223 Å². The largest absolute Gasteiger partial charge is 0.438 e. The highest BCUT2D eigenvalue weighted by Crippen LogP contribution is 2.52. The number of carbonyl (C=O) groups excluding carboxylic acids is 2. The SMILES string of the molecule is Cc1nnc(NC(=O)C(C)(C)[C@H]2c3ccccc3Oc3nc(-c4ccc(C(=O)N(C)C)c(F)c4)ccc32)s1. The van der Waals surface area contributed by atoms with Crippen LogP contribution in [-0.2, 0) is 4.79 Å². The number of carbonyl (C=O) groups is 2. The second kappa shape index (κ2) is 9.60. The lowest BCUT2D eigenvalue weighted by Crippen LogP contribution is -2.38. The summed E-state index contributed by atoms with van der Waals surface area (Å²) in [6.45, 7) is 5.57. The number of hydrogen-bond donors (Lipinski definition) is 1. The van der Waals surface area contributed by atoms with Gasteiger partial charge in [0.15, 0.2) is 0 Å². The molecule has 0 unspecified atom stereocenters. The van der Waals surface area contributed by atoms with Crippen molar-refractivity contribution in [3.63, 3.8) is 0 Å². The minimum absolute atomic E-state index is 0.0136. The van der Waals surface area contributed by atoms with Crippen molar-refractivity contribution in [3.05, 3.63) is 82.1 Å².